The average molecular weight is 385 g/mol. The van der Waals surface area contributed by atoms with Crippen LogP contribution in [0.15, 0.2) is 4.99 Å². The van der Waals surface area contributed by atoms with E-state index in [0.717, 1.165) is 38.7 Å². The number of hydrogen-bond acceptors (Lipinski definition) is 5. The number of amides is 2. The summed E-state index contributed by atoms with van der Waals surface area (Å²) in [6.45, 7) is 12.4. The molecule has 0 saturated carbocycles. The van der Waals surface area contributed by atoms with Gasteiger partial charge in [-0.25, -0.2) is 0 Å². The van der Waals surface area contributed by atoms with Crippen LogP contribution in [0, 0.1) is 5.92 Å². The maximum Gasteiger partial charge on any atom is 0.234 e. The summed E-state index contributed by atoms with van der Waals surface area (Å²) >= 11 is 0. The van der Waals surface area contributed by atoms with Crippen molar-refractivity contribution in [1.82, 2.24) is 25.8 Å². The van der Waals surface area contributed by atoms with Crippen molar-refractivity contribution in [3.05, 3.63) is 0 Å². The quantitative estimate of drug-likeness (QED) is 0.257. The second-order valence-electron chi connectivity index (χ2n) is 6.79. The van der Waals surface area contributed by atoms with Crippen molar-refractivity contribution in [1.29, 1.82) is 0 Å². The lowest BCUT2D eigenvalue weighted by Crippen LogP contribution is -2.54. The van der Waals surface area contributed by atoms with Crippen LogP contribution in [0.25, 0.3) is 0 Å². The first-order valence-electron chi connectivity index (χ1n) is 9.76. The largest absolute Gasteiger partial charge is 0.383 e. The molecule has 1 aliphatic heterocycles. The molecule has 3 N–H and O–H groups in total. The Hall–Kier alpha value is -1.87. The molecule has 0 atom stereocenters. The van der Waals surface area contributed by atoms with E-state index in [1.807, 2.05) is 20.8 Å². The molecule has 0 radical (unpaired) electrons. The number of nitrogens with one attached hydrogen (secondary N) is 3. The highest BCUT2D eigenvalue weighted by atomic mass is 16.5. The van der Waals surface area contributed by atoms with Gasteiger partial charge in [0.2, 0.25) is 11.8 Å². The first-order valence-corrected chi connectivity index (χ1v) is 9.76. The van der Waals surface area contributed by atoms with Gasteiger partial charge < -0.3 is 25.6 Å². The maximum absolute atomic E-state index is 11.9. The fourth-order valence-electron chi connectivity index (χ4n) is 2.64. The van der Waals surface area contributed by atoms with Gasteiger partial charge in [0.25, 0.3) is 0 Å². The van der Waals surface area contributed by atoms with Crippen LogP contribution in [0.5, 0.6) is 0 Å². The summed E-state index contributed by atoms with van der Waals surface area (Å²) in [6, 6.07) is 0. The van der Waals surface area contributed by atoms with Crippen LogP contribution in [-0.2, 0) is 14.3 Å². The van der Waals surface area contributed by atoms with Crippen molar-refractivity contribution in [3.8, 4) is 0 Å². The molecule has 0 aromatic carbocycles. The summed E-state index contributed by atoms with van der Waals surface area (Å²) in [5.41, 5.74) is 0. The molecule has 0 spiro atoms. The van der Waals surface area contributed by atoms with Crippen LogP contribution < -0.4 is 16.0 Å². The van der Waals surface area contributed by atoms with Gasteiger partial charge in [0.05, 0.1) is 19.7 Å². The Bertz CT molecular complexity index is 476. The lowest BCUT2D eigenvalue weighted by Gasteiger charge is -2.36. The van der Waals surface area contributed by atoms with Gasteiger partial charge in [-0.1, -0.05) is 13.8 Å². The highest BCUT2D eigenvalue weighted by Gasteiger charge is 2.21. The molecule has 0 aromatic rings. The minimum atomic E-state index is -0.0120. The van der Waals surface area contributed by atoms with Crippen LogP contribution in [0.4, 0.5) is 0 Å². The number of nitrogens with zero attached hydrogens (tertiary/aromatic N) is 3. The van der Waals surface area contributed by atoms with Crippen LogP contribution in [0.2, 0.25) is 0 Å². The molecule has 1 rings (SSSR count). The van der Waals surface area contributed by atoms with Crippen LogP contribution in [0.3, 0.4) is 0 Å². The minimum Gasteiger partial charge on any atom is -0.383 e. The number of ether oxygens (including phenoxy) is 1. The lowest BCUT2D eigenvalue weighted by atomic mass is 10.2. The summed E-state index contributed by atoms with van der Waals surface area (Å²) in [6.07, 6.45) is 0. The summed E-state index contributed by atoms with van der Waals surface area (Å²) in [7, 11) is 1.62. The zero-order chi connectivity index (χ0) is 20.1. The standard InChI is InChI=1S/C18H36N6O3/c1-5-19-18(22-7-6-21-17(26)15(2)3)24-11-9-23(10-12-24)14-16(25)20-8-13-27-4/h15H,5-14H2,1-4H3,(H,19,22)(H,20,25)(H,21,26). The summed E-state index contributed by atoms with van der Waals surface area (Å²) in [5.74, 6) is 0.928. The summed E-state index contributed by atoms with van der Waals surface area (Å²) in [4.78, 5) is 32.4. The van der Waals surface area contributed by atoms with E-state index in [1.54, 1.807) is 7.11 Å². The Labute approximate surface area is 162 Å². The predicted octanol–water partition coefficient (Wildman–Crippen LogP) is -0.896. The van der Waals surface area contributed by atoms with E-state index in [-0.39, 0.29) is 17.7 Å². The topological polar surface area (TPSA) is 98.3 Å². The molecule has 156 valence electrons. The molecule has 1 aliphatic rings. The Morgan fingerprint density at radius 2 is 1.78 bits per heavy atom. The van der Waals surface area contributed by atoms with Gasteiger partial charge in [-0.3, -0.25) is 19.5 Å². The fraction of sp³-hybridized carbons (Fsp3) is 0.833. The number of hydrogen-bond donors (Lipinski definition) is 3. The van der Waals surface area contributed by atoms with Gasteiger partial charge >= 0.3 is 0 Å². The zero-order valence-electron chi connectivity index (χ0n) is 17.2. The van der Waals surface area contributed by atoms with Crippen molar-refractivity contribution in [2.45, 2.75) is 20.8 Å². The van der Waals surface area contributed by atoms with Gasteiger partial charge in [0.1, 0.15) is 0 Å². The van der Waals surface area contributed by atoms with Gasteiger partial charge in [-0.2, -0.15) is 0 Å². The Morgan fingerprint density at radius 1 is 1.07 bits per heavy atom. The van der Waals surface area contributed by atoms with Gasteiger partial charge in [-0.15, -0.1) is 0 Å². The van der Waals surface area contributed by atoms with Crippen LogP contribution in [0.1, 0.15) is 20.8 Å². The first kappa shape index (κ1) is 23.2. The number of methoxy groups -OCH3 is 1. The summed E-state index contributed by atoms with van der Waals surface area (Å²) in [5, 5.41) is 9.03. The molecular formula is C18H36N6O3. The predicted molar refractivity (Wildman–Crippen MR) is 107 cm³/mol. The SMILES string of the molecule is CCNC(=NCCNC(=O)C(C)C)N1CCN(CC(=O)NCCOC)CC1. The molecule has 9 heteroatoms. The van der Waals surface area contributed by atoms with Gasteiger partial charge in [0.15, 0.2) is 5.96 Å². The van der Waals surface area contributed by atoms with Crippen molar-refractivity contribution in [2.75, 3.05) is 72.6 Å². The minimum absolute atomic E-state index is 0.0120. The third-order valence-corrected chi connectivity index (χ3v) is 4.20. The molecule has 1 heterocycles. The molecular weight excluding hydrogens is 348 g/mol. The average Bonchev–Trinajstić information content (AvgIpc) is 2.65. The first-order chi connectivity index (χ1) is 13.0. The number of carbonyl (C=O) groups excluding carboxylic acids is 2. The highest BCUT2D eigenvalue weighted by Crippen LogP contribution is 2.02. The van der Waals surface area contributed by atoms with E-state index in [1.165, 1.54) is 0 Å². The summed E-state index contributed by atoms with van der Waals surface area (Å²) < 4.78 is 4.93. The number of guanidine groups is 1. The molecule has 0 aromatic heterocycles. The number of aliphatic imine (C=N–C) groups is 1. The molecule has 27 heavy (non-hydrogen) atoms. The monoisotopic (exact) mass is 384 g/mol. The molecule has 1 saturated heterocycles. The molecule has 0 bridgehead atoms. The van der Waals surface area contributed by atoms with E-state index in [9.17, 15) is 9.59 Å². The van der Waals surface area contributed by atoms with Crippen LogP contribution >= 0.6 is 0 Å². The second kappa shape index (κ2) is 13.3. The molecule has 2 amide bonds. The normalized spacial score (nSPS) is 15.7. The Balaban J connectivity index is 2.38. The van der Waals surface area contributed by atoms with E-state index in [2.05, 4.69) is 30.7 Å². The van der Waals surface area contributed by atoms with Gasteiger partial charge in [-0.05, 0) is 6.92 Å². The molecule has 0 unspecified atom stereocenters. The smallest absolute Gasteiger partial charge is 0.234 e. The third kappa shape index (κ3) is 9.58. The second-order valence-corrected chi connectivity index (χ2v) is 6.79. The highest BCUT2D eigenvalue weighted by molar-refractivity contribution is 5.80. The van der Waals surface area contributed by atoms with Crippen molar-refractivity contribution in [2.24, 2.45) is 10.9 Å². The Morgan fingerprint density at radius 3 is 2.37 bits per heavy atom. The van der Waals surface area contributed by atoms with Crippen molar-refractivity contribution in [3.63, 3.8) is 0 Å². The van der Waals surface area contributed by atoms with E-state index < -0.39 is 0 Å². The van der Waals surface area contributed by atoms with Crippen molar-refractivity contribution >= 4 is 17.8 Å². The molecule has 1 fully saturated rings. The zero-order valence-corrected chi connectivity index (χ0v) is 17.2. The number of carbonyl (C=O) groups is 2. The van der Waals surface area contributed by atoms with Crippen molar-refractivity contribution < 1.29 is 14.3 Å². The third-order valence-electron chi connectivity index (χ3n) is 4.20. The lowest BCUT2D eigenvalue weighted by molar-refractivity contribution is -0.124. The number of rotatable bonds is 10. The molecule has 0 aliphatic carbocycles. The van der Waals surface area contributed by atoms with E-state index in [0.29, 0.717) is 32.8 Å². The molecule has 9 nitrogen and oxygen atoms in total. The van der Waals surface area contributed by atoms with Gasteiger partial charge in [0, 0.05) is 58.8 Å². The fourth-order valence-corrected chi connectivity index (χ4v) is 2.64. The maximum atomic E-state index is 11.9. The van der Waals surface area contributed by atoms with Crippen LogP contribution in [-0.4, -0.2) is 100 Å². The van der Waals surface area contributed by atoms with E-state index >= 15 is 0 Å². The Kier molecular flexibility index (Phi) is 11.4. The number of piperazine rings is 1. The van der Waals surface area contributed by atoms with E-state index in [4.69, 9.17) is 4.74 Å².